The molecule has 0 spiro atoms. The molecule has 6 aliphatic rings. The summed E-state index contributed by atoms with van der Waals surface area (Å²) in [6.07, 6.45) is 15.5. The molecule has 3 aromatic rings. The Hall–Kier alpha value is -13.9. The summed E-state index contributed by atoms with van der Waals surface area (Å²) in [4.78, 5) is 192. The molecule has 8 amide bonds. The predicted molar refractivity (Wildman–Crippen MR) is 568 cm³/mol. The molecule has 2 aliphatic heterocycles. The first-order valence-corrected chi connectivity index (χ1v) is 42.5. The SMILES string of the molecule is C.C.C.C.C.C.C.C.C.C.C.C.CC(=O)CNC(=O)CNC(=O)C(C)(C(C)(C)C(=O)NCCCNC(=S)Nc1ccc(C2=C3C=CC(=O)C=C3OC3C=C(O)C=CC23)c(C(=O)O)c1)C(C)(C)C(=O)NCC(C)O.CC(O)CNC(=O)C(C)(C)C(C)(C(=O)NCC(=O)NCC(=O)Oc1ccc([N+](=O)[O-])cc1)C(C)(C)C(=O)NCCCNC(=S)Nc1ccc(C2=C3C=CC(=O)C=C3OC3C=C(O)C=CC23)c(C(=O)O)c1. The summed E-state index contributed by atoms with van der Waals surface area (Å²) >= 11 is 11.0. The maximum atomic E-state index is 14.2. The number of nitrogens with zero attached hydrogens (tertiary/aromatic N) is 1. The highest BCUT2D eigenvalue weighted by Crippen LogP contribution is 2.55. The molecule has 9 rings (SSSR count). The van der Waals surface area contributed by atoms with Gasteiger partial charge in [0.2, 0.25) is 47.3 Å². The number of carbonyl (C=O) groups is 14. The molecule has 0 bridgehead atoms. The van der Waals surface area contributed by atoms with Crippen LogP contribution in [0.15, 0.2) is 168 Å². The number of ether oxygens (including phenoxy) is 3. The van der Waals surface area contributed by atoms with Crippen molar-refractivity contribution < 1.29 is 117 Å². The van der Waals surface area contributed by atoms with Crippen LogP contribution in [0.1, 0.15) is 224 Å². The number of hydrogen-bond donors (Lipinski definition) is 18. The van der Waals surface area contributed by atoms with Crippen molar-refractivity contribution in [3.63, 3.8) is 0 Å². The summed E-state index contributed by atoms with van der Waals surface area (Å²) in [7, 11) is 0. The van der Waals surface area contributed by atoms with E-state index in [2.05, 4.69) is 63.8 Å². The Morgan fingerprint density at radius 2 is 0.783 bits per heavy atom. The minimum absolute atomic E-state index is 0. The number of non-ortho nitro benzene ring substituents is 1. The first-order chi connectivity index (χ1) is 61.4. The number of carboxylic acid groups (broad SMARTS) is 2. The Bertz CT molecular complexity index is 5440. The van der Waals surface area contributed by atoms with E-state index in [4.69, 9.17) is 38.6 Å². The van der Waals surface area contributed by atoms with Crippen molar-refractivity contribution in [2.75, 3.05) is 76.1 Å². The number of nitro benzene ring substituents is 1. The van der Waals surface area contributed by atoms with Crippen molar-refractivity contribution in [2.24, 2.45) is 44.3 Å². The molecule has 38 nitrogen and oxygen atoms in total. The molecule has 0 radical (unpaired) electrons. The number of hydrogen-bond acceptors (Lipinski definition) is 25. The summed E-state index contributed by atoms with van der Waals surface area (Å²) < 4.78 is 17.1. The van der Waals surface area contributed by atoms with Crippen LogP contribution in [0.5, 0.6) is 5.75 Å². The molecule has 143 heavy (non-hydrogen) atoms. The molecule has 8 atom stereocenters. The van der Waals surface area contributed by atoms with Crippen molar-refractivity contribution in [3.05, 3.63) is 200 Å². The number of aromatic carboxylic acids is 2. The van der Waals surface area contributed by atoms with Crippen LogP contribution in [0, 0.1) is 54.4 Å². The Morgan fingerprint density at radius 3 is 1.11 bits per heavy atom. The number of allylic oxidation sites excluding steroid dienone is 8. The van der Waals surface area contributed by atoms with E-state index >= 15 is 0 Å². The Morgan fingerprint density at radius 1 is 0.448 bits per heavy atom. The van der Waals surface area contributed by atoms with Crippen LogP contribution in [0.25, 0.3) is 11.1 Å². The first kappa shape index (κ1) is 138. The standard InChI is InChI=1S/C48H55N7O14S.C43H54N6O11S.12CH4/c1-26(56)23-52-43(64)47(4,5)48(6,44(65)53-24-38(59)51-25-39(60)68-31-13-9-28(10-14-31)55(66)67)46(2,3)42(63)49-18-7-19-50-45(70)54-27-8-15-32(35(20-27)41(61)62)40-33-16-11-29(57)21-36(33)69-37-22-30(58)12-17-34(37)40;1-23(50)20-46-34(54)22-48-39(59)43(7,42(5,6)38(58)47-21-24(2)51)41(3,4)37(57)44-15-8-16-45-40(61)49-25-9-12-28(31(17-25)36(55)56)35-29-13-10-26(52)18-32(29)60-33-19-27(53)11-14-30(33)35;;;;;;;;;;;;/h8-17,20-22,26,33,36,56-57H,7,18-19,23-25H2,1-6H3,(H,49,63)(H,51,59)(H,52,64)(H,53,65)(H,61,62)(H2,50,54,70);9-14,17-19,24,29,32,51-52H,8,15-16,20-22H2,1-7H3,(H,44,57)(H,46,54)(H,47,58)(H,48,59)(H,55,56)(H2,45,49,61);12*1H4. The van der Waals surface area contributed by atoms with Crippen LogP contribution in [-0.2, 0) is 67.0 Å². The summed E-state index contributed by atoms with van der Waals surface area (Å²) in [5.74, 6) is -10.2. The van der Waals surface area contributed by atoms with Gasteiger partial charge in [0, 0.05) is 97.9 Å². The van der Waals surface area contributed by atoms with Crippen LogP contribution < -0.4 is 68.5 Å². The molecular formula is C103H157N13O25S2. The predicted octanol–water partition coefficient (Wildman–Crippen LogP) is 13.3. The molecule has 40 heteroatoms. The minimum atomic E-state index is -1.88. The number of fused-ring (bicyclic) bond motifs is 4. The van der Waals surface area contributed by atoms with Gasteiger partial charge in [-0.05, 0) is 235 Å². The molecule has 0 saturated carbocycles. The maximum Gasteiger partial charge on any atom is 0.336 e. The highest BCUT2D eigenvalue weighted by Gasteiger charge is 2.64. The number of amides is 8. The third-order valence-electron chi connectivity index (χ3n) is 23.8. The number of anilines is 2. The Balaban J connectivity index is -0.000000825. The van der Waals surface area contributed by atoms with Crippen molar-refractivity contribution in [1.82, 2.24) is 53.2 Å². The number of benzene rings is 3. The van der Waals surface area contributed by atoms with Gasteiger partial charge in [0.15, 0.2) is 21.8 Å². The third-order valence-corrected chi connectivity index (χ3v) is 24.3. The minimum Gasteiger partial charge on any atom is -0.508 e. The van der Waals surface area contributed by atoms with Gasteiger partial charge in [0.05, 0.1) is 80.4 Å². The van der Waals surface area contributed by atoms with Gasteiger partial charge in [-0.25, -0.2) is 14.4 Å². The second kappa shape index (κ2) is 58.5. The lowest BCUT2D eigenvalue weighted by atomic mass is 9.52. The number of Topliss-reactive ketones (excluding diaryl/α,β-unsaturated/α-hetero) is 1. The van der Waals surface area contributed by atoms with Gasteiger partial charge in [-0.1, -0.05) is 113 Å². The molecular weight excluding hydrogens is 1880 g/mol. The number of nitro groups is 1. The van der Waals surface area contributed by atoms with E-state index in [-0.39, 0.29) is 208 Å². The Kier molecular flexibility index (Phi) is 56.3. The lowest BCUT2D eigenvalue weighted by Crippen LogP contribution is -2.65. The molecule has 4 aliphatic carbocycles. The summed E-state index contributed by atoms with van der Waals surface area (Å²) in [5.41, 5.74) is -6.63. The maximum absolute atomic E-state index is 14.2. The van der Waals surface area contributed by atoms with E-state index in [1.54, 1.807) is 48.6 Å². The van der Waals surface area contributed by atoms with Crippen LogP contribution in [0.4, 0.5) is 17.1 Å². The van der Waals surface area contributed by atoms with Gasteiger partial charge >= 0.3 is 17.9 Å². The van der Waals surface area contributed by atoms with E-state index in [1.165, 1.54) is 163 Å². The van der Waals surface area contributed by atoms with Crippen molar-refractivity contribution in [1.29, 1.82) is 0 Å². The second-order valence-electron chi connectivity index (χ2n) is 34.1. The molecule has 0 aromatic heterocycles. The molecule has 2 heterocycles. The smallest absolute Gasteiger partial charge is 0.336 e. The molecule has 0 saturated heterocycles. The third kappa shape index (κ3) is 33.1. The first-order valence-electron chi connectivity index (χ1n) is 41.6. The van der Waals surface area contributed by atoms with Gasteiger partial charge < -0.3 is 109 Å². The number of rotatable bonds is 38. The fraction of sp³-hybridized carbons (Fsp3) is 0.476. The number of ketones is 3. The normalized spacial score (nSPS) is 16.4. The average Bonchev–Trinajstić information content (AvgIpc) is 0.730. The molecule has 796 valence electrons. The quantitative estimate of drug-likeness (QED) is 0.00632. The molecule has 18 N–H and O–H groups in total. The van der Waals surface area contributed by atoms with Crippen molar-refractivity contribution >= 4 is 145 Å². The average molecular weight is 2040 g/mol. The highest BCUT2D eigenvalue weighted by atomic mass is 32.1. The van der Waals surface area contributed by atoms with Crippen LogP contribution in [-0.4, -0.2) is 218 Å². The summed E-state index contributed by atoms with van der Waals surface area (Å²) in [5, 5.41) is 104. The largest absolute Gasteiger partial charge is 0.508 e. The zero-order chi connectivity index (χ0) is 97.2. The number of esters is 1. The lowest BCUT2D eigenvalue weighted by Gasteiger charge is -2.50. The van der Waals surface area contributed by atoms with Gasteiger partial charge in [-0.15, -0.1) is 0 Å². The van der Waals surface area contributed by atoms with Crippen LogP contribution in [0.2, 0.25) is 0 Å². The molecule has 8 unspecified atom stereocenters. The fourth-order valence-electron chi connectivity index (χ4n) is 15.3. The van der Waals surface area contributed by atoms with E-state index < -0.39 is 158 Å². The second-order valence-corrected chi connectivity index (χ2v) is 34.9. The van der Waals surface area contributed by atoms with E-state index in [1.807, 2.05) is 0 Å². The topological polar surface area (TPSA) is 576 Å². The number of carboxylic acids is 2. The Labute approximate surface area is 853 Å². The number of carbonyl (C=O) groups excluding carboxylic acids is 12. The van der Waals surface area contributed by atoms with Gasteiger partial charge in [0.25, 0.3) is 5.69 Å². The molecule has 3 aromatic carbocycles. The number of thiocarbonyl (C=S) groups is 2. The van der Waals surface area contributed by atoms with Crippen LogP contribution >= 0.6 is 24.4 Å². The molecule has 0 fully saturated rings. The fourth-order valence-corrected chi connectivity index (χ4v) is 15.8. The monoisotopic (exact) mass is 2040 g/mol. The zero-order valence-corrected chi connectivity index (χ0v) is 76.0. The van der Waals surface area contributed by atoms with Crippen LogP contribution in [0.3, 0.4) is 0 Å². The van der Waals surface area contributed by atoms with Crippen molar-refractivity contribution in [3.8, 4) is 5.75 Å². The number of aliphatic hydroxyl groups is 4. The lowest BCUT2D eigenvalue weighted by molar-refractivity contribution is -0.384. The van der Waals surface area contributed by atoms with Gasteiger partial charge in [-0.3, -0.25) is 62.9 Å². The van der Waals surface area contributed by atoms with Crippen molar-refractivity contribution in [2.45, 2.75) is 216 Å². The number of aliphatic hydroxyl groups excluding tert-OH is 4. The van der Waals surface area contributed by atoms with Gasteiger partial charge in [0.1, 0.15) is 53.3 Å². The van der Waals surface area contributed by atoms with E-state index in [0.29, 0.717) is 57.6 Å². The highest BCUT2D eigenvalue weighted by molar-refractivity contribution is 7.80. The summed E-state index contributed by atoms with van der Waals surface area (Å²) in [6.45, 7) is 17.4. The van der Waals surface area contributed by atoms with E-state index in [9.17, 15) is 108 Å². The summed E-state index contributed by atoms with van der Waals surface area (Å²) in [6, 6.07) is 14.1. The zero-order valence-electron chi connectivity index (χ0n) is 74.4. The van der Waals surface area contributed by atoms with E-state index in [0.717, 1.165) is 12.1 Å². The number of nitrogens with one attached hydrogen (secondary N) is 12. The van der Waals surface area contributed by atoms with Gasteiger partial charge in [-0.2, -0.15) is 0 Å².